The Morgan fingerprint density at radius 3 is 2.23 bits per heavy atom. The van der Waals surface area contributed by atoms with Gasteiger partial charge in [-0.1, -0.05) is 67.1 Å². The first-order valence-corrected chi connectivity index (χ1v) is 12.3. The van der Waals surface area contributed by atoms with Crippen molar-refractivity contribution >= 4 is 51.1 Å². The zero-order valence-corrected chi connectivity index (χ0v) is 19.0. The van der Waals surface area contributed by atoms with Gasteiger partial charge in [-0.3, -0.25) is 4.79 Å². The van der Waals surface area contributed by atoms with Crippen molar-refractivity contribution in [3.05, 3.63) is 75.6 Å². The van der Waals surface area contributed by atoms with Crippen LogP contribution in [-0.2, 0) is 21.4 Å². The third-order valence-electron chi connectivity index (χ3n) is 5.21. The summed E-state index contributed by atoms with van der Waals surface area (Å²) in [6.07, 6.45) is 4.22. The Morgan fingerprint density at radius 2 is 1.71 bits per heavy atom. The highest BCUT2D eigenvalue weighted by molar-refractivity contribution is 7.89. The van der Waals surface area contributed by atoms with E-state index in [9.17, 15) is 18.3 Å². The highest BCUT2D eigenvalue weighted by Crippen LogP contribution is 2.42. The van der Waals surface area contributed by atoms with E-state index < -0.39 is 22.0 Å². The molecule has 2 aromatic carbocycles. The van der Waals surface area contributed by atoms with Crippen LogP contribution in [0.3, 0.4) is 0 Å². The summed E-state index contributed by atoms with van der Waals surface area (Å²) in [6, 6.07) is 16.1. The molecule has 8 heteroatoms. The number of thiophene rings is 1. The smallest absolute Gasteiger partial charge is 0.322 e. The largest absolute Gasteiger partial charge is 0.480 e. The molecule has 31 heavy (non-hydrogen) atoms. The van der Waals surface area contributed by atoms with Crippen LogP contribution in [0, 0.1) is 0 Å². The molecular formula is C23H20ClNO4S2. The maximum Gasteiger partial charge on any atom is 0.322 e. The normalized spacial score (nSPS) is 16.5. The second-order valence-corrected chi connectivity index (χ2v) is 10.6. The zero-order chi connectivity index (χ0) is 22.2. The van der Waals surface area contributed by atoms with E-state index >= 15 is 0 Å². The van der Waals surface area contributed by atoms with Gasteiger partial charge in [-0.2, -0.15) is 4.31 Å². The van der Waals surface area contributed by atoms with Crippen molar-refractivity contribution in [1.82, 2.24) is 4.31 Å². The van der Waals surface area contributed by atoms with Crippen molar-refractivity contribution in [2.75, 3.05) is 0 Å². The van der Waals surface area contributed by atoms with Gasteiger partial charge < -0.3 is 5.11 Å². The minimum Gasteiger partial charge on any atom is -0.480 e. The fraction of sp³-hybridized carbons (Fsp3) is 0.174. The molecule has 1 aromatic heterocycles. The molecule has 0 spiro atoms. The Balaban J connectivity index is 1.54. The van der Waals surface area contributed by atoms with Gasteiger partial charge in [-0.25, -0.2) is 8.42 Å². The van der Waals surface area contributed by atoms with E-state index in [1.54, 1.807) is 13.0 Å². The highest BCUT2D eigenvalue weighted by atomic mass is 35.5. The summed E-state index contributed by atoms with van der Waals surface area (Å²) in [5.74, 6) is -1.12. The van der Waals surface area contributed by atoms with Gasteiger partial charge in [0, 0.05) is 14.8 Å². The second kappa shape index (κ2) is 8.59. The van der Waals surface area contributed by atoms with Gasteiger partial charge in [0.15, 0.2) is 0 Å². The average molecular weight is 474 g/mol. The highest BCUT2D eigenvalue weighted by Gasteiger charge is 2.42. The summed E-state index contributed by atoms with van der Waals surface area (Å²) in [5.41, 5.74) is 2.99. The molecule has 3 aromatic rings. The van der Waals surface area contributed by atoms with Crippen LogP contribution in [0.1, 0.15) is 29.3 Å². The molecule has 1 aliphatic heterocycles. The summed E-state index contributed by atoms with van der Waals surface area (Å²) in [6.45, 7) is 1.78. The zero-order valence-electron chi connectivity index (χ0n) is 16.7. The predicted octanol–water partition coefficient (Wildman–Crippen LogP) is 5.61. The molecule has 0 amide bonds. The first kappa shape index (κ1) is 21.8. The van der Waals surface area contributed by atoms with E-state index in [0.29, 0.717) is 9.90 Å². The molecule has 1 unspecified atom stereocenters. The first-order valence-electron chi connectivity index (χ1n) is 9.71. The number of halogens is 1. The number of carbonyl (C=O) groups is 1. The quantitative estimate of drug-likeness (QED) is 0.472. The molecule has 1 aliphatic rings. The van der Waals surface area contributed by atoms with Gasteiger partial charge in [-0.15, -0.1) is 11.3 Å². The molecule has 0 radical (unpaired) electrons. The number of benzene rings is 2. The monoisotopic (exact) mass is 473 g/mol. The van der Waals surface area contributed by atoms with E-state index in [-0.39, 0.29) is 17.9 Å². The second-order valence-electron chi connectivity index (χ2n) is 7.22. The number of nitrogens with zero attached hydrogens (tertiary/aromatic N) is 1. The molecule has 1 N–H and O–H groups in total. The number of aliphatic carboxylic acids is 1. The fourth-order valence-electron chi connectivity index (χ4n) is 3.54. The molecule has 5 nitrogen and oxygen atoms in total. The molecule has 4 rings (SSSR count). The molecule has 0 saturated heterocycles. The number of sulfonamides is 1. The van der Waals surface area contributed by atoms with Crippen LogP contribution < -0.4 is 0 Å². The maximum absolute atomic E-state index is 12.9. The van der Waals surface area contributed by atoms with Crippen molar-refractivity contribution in [2.45, 2.75) is 30.8 Å². The topological polar surface area (TPSA) is 74.7 Å². The van der Waals surface area contributed by atoms with Crippen molar-refractivity contribution < 1.29 is 18.3 Å². The number of hydrogen-bond acceptors (Lipinski definition) is 4. The molecule has 0 fully saturated rings. The lowest BCUT2D eigenvalue weighted by Gasteiger charge is -2.21. The van der Waals surface area contributed by atoms with Gasteiger partial charge in [0.05, 0.1) is 11.4 Å². The SMILES string of the molecule is CCC(C(=O)O)N1Cc2sc(-c3ccc(/C=C/c4ccc(Cl)cc4)cc3)cc2S1(=O)=O. The fourth-order valence-corrected chi connectivity index (χ4v) is 7.07. The van der Waals surface area contributed by atoms with Gasteiger partial charge in [0.1, 0.15) is 6.04 Å². The molecule has 160 valence electrons. The summed E-state index contributed by atoms with van der Waals surface area (Å²) in [7, 11) is -3.80. The Kier molecular flexibility index (Phi) is 6.03. The van der Waals surface area contributed by atoms with Crippen LogP contribution in [0.4, 0.5) is 0 Å². The van der Waals surface area contributed by atoms with Crippen LogP contribution >= 0.6 is 22.9 Å². The maximum atomic E-state index is 12.9. The molecule has 2 heterocycles. The van der Waals surface area contributed by atoms with Gasteiger partial charge in [0.2, 0.25) is 10.0 Å². The number of rotatable bonds is 6. The van der Waals surface area contributed by atoms with E-state index in [2.05, 4.69) is 0 Å². The van der Waals surface area contributed by atoms with E-state index in [1.807, 2.05) is 60.7 Å². The van der Waals surface area contributed by atoms with Gasteiger partial charge >= 0.3 is 5.97 Å². The molecule has 0 bridgehead atoms. The molecular weight excluding hydrogens is 454 g/mol. The van der Waals surface area contributed by atoms with Crippen molar-refractivity contribution in [3.8, 4) is 10.4 Å². The van der Waals surface area contributed by atoms with Crippen molar-refractivity contribution in [1.29, 1.82) is 0 Å². The summed E-state index contributed by atoms with van der Waals surface area (Å²) < 4.78 is 26.8. The summed E-state index contributed by atoms with van der Waals surface area (Å²) >= 11 is 7.30. The van der Waals surface area contributed by atoms with E-state index in [1.165, 1.54) is 11.3 Å². The van der Waals surface area contributed by atoms with Crippen molar-refractivity contribution in [2.24, 2.45) is 0 Å². The van der Waals surface area contributed by atoms with E-state index in [0.717, 1.165) is 25.9 Å². The average Bonchev–Trinajstić information content (AvgIpc) is 3.27. The van der Waals surface area contributed by atoms with Crippen LogP contribution in [-0.4, -0.2) is 29.8 Å². The summed E-state index contributed by atoms with van der Waals surface area (Å²) in [4.78, 5) is 13.2. The third kappa shape index (κ3) is 4.32. The van der Waals surface area contributed by atoms with Crippen LogP contribution in [0.2, 0.25) is 5.02 Å². The predicted molar refractivity (Wildman–Crippen MR) is 125 cm³/mol. The molecule has 0 saturated carbocycles. The van der Waals surface area contributed by atoms with Crippen LogP contribution in [0.5, 0.6) is 0 Å². The van der Waals surface area contributed by atoms with Gasteiger partial charge in [-0.05, 0) is 41.3 Å². The Morgan fingerprint density at radius 1 is 1.13 bits per heavy atom. The standard InChI is InChI=1S/C23H20ClNO4S2/c1-2-19(23(26)27)25-14-21-22(31(25,28)29)13-20(30-21)17-9-5-15(6-10-17)3-4-16-7-11-18(24)12-8-16/h3-13,19H,2,14H2,1H3,(H,26,27)/b4-3+. The van der Waals surface area contributed by atoms with Crippen molar-refractivity contribution in [3.63, 3.8) is 0 Å². The molecule has 0 aliphatic carbocycles. The number of carboxylic acid groups (broad SMARTS) is 1. The first-order chi connectivity index (χ1) is 14.8. The number of carboxylic acids is 1. The van der Waals surface area contributed by atoms with Gasteiger partial charge in [0.25, 0.3) is 0 Å². The lowest BCUT2D eigenvalue weighted by atomic mass is 10.1. The lowest BCUT2D eigenvalue weighted by molar-refractivity contribution is -0.141. The Labute approximate surface area is 190 Å². The number of hydrogen-bond donors (Lipinski definition) is 1. The summed E-state index contributed by atoms with van der Waals surface area (Å²) in [5, 5.41) is 10.1. The van der Waals surface area contributed by atoms with E-state index in [4.69, 9.17) is 11.6 Å². The minimum absolute atomic E-state index is 0.106. The van der Waals surface area contributed by atoms with Crippen LogP contribution in [0.15, 0.2) is 59.5 Å². The lowest BCUT2D eigenvalue weighted by Crippen LogP contribution is -2.40. The minimum atomic E-state index is -3.80. The Bertz CT molecular complexity index is 1250. The Hall–Kier alpha value is -2.45. The number of fused-ring (bicyclic) bond motifs is 1. The van der Waals surface area contributed by atoms with Crippen LogP contribution in [0.25, 0.3) is 22.6 Å². The third-order valence-corrected chi connectivity index (χ3v) is 8.68. The molecule has 1 atom stereocenters.